The number of imide groups is 1. The molecule has 0 radical (unpaired) electrons. The summed E-state index contributed by atoms with van der Waals surface area (Å²) in [5.74, 6) is 0.845. The smallest absolute Gasteiger partial charge is 0.324 e. The number of benzene rings is 1. The molecule has 2 N–H and O–H groups in total. The number of rotatable bonds is 14. The lowest BCUT2D eigenvalue weighted by atomic mass is 10.1. The minimum Gasteiger partial charge on any atom is -0.492 e. The summed E-state index contributed by atoms with van der Waals surface area (Å²) >= 11 is 6.28. The molecule has 1 aromatic carbocycles. The maximum absolute atomic E-state index is 12.8. The highest BCUT2D eigenvalue weighted by atomic mass is 35.5. The summed E-state index contributed by atoms with van der Waals surface area (Å²) in [6, 6.07) is 4.57. The second-order valence-electron chi connectivity index (χ2n) is 9.03. The fourth-order valence-corrected chi connectivity index (χ4v) is 5.14. The molecule has 1 atom stereocenters. The normalized spacial score (nSPS) is 17.5. The first-order valence-electron chi connectivity index (χ1n) is 11.3. The molecule has 11 heteroatoms. The van der Waals surface area contributed by atoms with Crippen LogP contribution in [-0.4, -0.2) is 76.2 Å². The highest BCUT2D eigenvalue weighted by Gasteiger charge is 2.26. The summed E-state index contributed by atoms with van der Waals surface area (Å²) in [5, 5.41) is 2.74. The Morgan fingerprint density at radius 1 is 1.24 bits per heavy atom. The molecule has 2 aliphatic rings. The van der Waals surface area contributed by atoms with Crippen LogP contribution in [0, 0.1) is 5.92 Å². The number of ether oxygens (including phenoxy) is 1. The number of urea groups is 1. The lowest BCUT2D eigenvalue weighted by Gasteiger charge is -2.23. The minimum absolute atomic E-state index is 0.0132. The van der Waals surface area contributed by atoms with Crippen molar-refractivity contribution in [3.05, 3.63) is 28.8 Å². The van der Waals surface area contributed by atoms with Gasteiger partial charge in [0.2, 0.25) is 15.9 Å². The molecule has 1 heterocycles. The average Bonchev–Trinajstić information content (AvgIpc) is 3.49. The van der Waals surface area contributed by atoms with Gasteiger partial charge in [0, 0.05) is 13.1 Å². The Labute approximate surface area is 200 Å². The van der Waals surface area contributed by atoms with Gasteiger partial charge in [0.15, 0.2) is 0 Å². The van der Waals surface area contributed by atoms with Crippen molar-refractivity contribution in [1.29, 1.82) is 0 Å². The number of hydrogen-bond acceptors (Lipinski definition) is 6. The standard InChI is InChI=1S/C22H33ClN4O5S/c1-26(2)13-19(17-8-9-18(23)20(12-17)32-15-16-6-7-16)25-33(30,31)11-5-3-4-10-27-14-21(28)24-22(27)29/h8-9,12,16,19,25H,3-7,10-11,13-15H2,1-2H3,(H,24,28,29)/t19-/m1/s1. The van der Waals surface area contributed by atoms with Gasteiger partial charge in [-0.05, 0) is 63.4 Å². The number of halogens is 1. The van der Waals surface area contributed by atoms with Crippen molar-refractivity contribution in [1.82, 2.24) is 19.8 Å². The Hall–Kier alpha value is -1.88. The molecule has 9 nitrogen and oxygen atoms in total. The predicted molar refractivity (Wildman–Crippen MR) is 127 cm³/mol. The molecule has 0 bridgehead atoms. The summed E-state index contributed by atoms with van der Waals surface area (Å²) in [6.07, 6.45) is 4.07. The average molecular weight is 501 g/mol. The Kier molecular flexibility index (Phi) is 8.97. The fraction of sp³-hybridized carbons (Fsp3) is 0.636. The van der Waals surface area contributed by atoms with Gasteiger partial charge in [0.25, 0.3) is 0 Å². The van der Waals surface area contributed by atoms with E-state index < -0.39 is 16.1 Å². The van der Waals surface area contributed by atoms with Crippen molar-refractivity contribution >= 4 is 33.6 Å². The fourth-order valence-electron chi connectivity index (χ4n) is 3.63. The Morgan fingerprint density at radius 2 is 2.00 bits per heavy atom. The first kappa shape index (κ1) is 25.7. The molecule has 0 aromatic heterocycles. The van der Waals surface area contributed by atoms with Gasteiger partial charge in [-0.2, -0.15) is 0 Å². The highest BCUT2D eigenvalue weighted by molar-refractivity contribution is 7.89. The quantitative estimate of drug-likeness (QED) is 0.300. The summed E-state index contributed by atoms with van der Waals surface area (Å²) in [4.78, 5) is 26.1. The summed E-state index contributed by atoms with van der Waals surface area (Å²) in [6.45, 7) is 1.61. The van der Waals surface area contributed by atoms with Crippen LogP contribution in [0.3, 0.4) is 0 Å². The number of carbonyl (C=O) groups excluding carboxylic acids is 2. The Bertz CT molecular complexity index is 952. The molecule has 184 valence electrons. The molecule has 0 spiro atoms. The van der Waals surface area contributed by atoms with Crippen molar-refractivity contribution < 1.29 is 22.7 Å². The van der Waals surface area contributed by atoms with Gasteiger partial charge in [0.05, 0.1) is 23.4 Å². The summed E-state index contributed by atoms with van der Waals surface area (Å²) in [5.41, 5.74) is 0.798. The topological polar surface area (TPSA) is 108 Å². The number of amides is 3. The second kappa shape index (κ2) is 11.5. The van der Waals surface area contributed by atoms with Crippen LogP contribution in [-0.2, 0) is 14.8 Å². The number of likely N-dealkylation sites (N-methyl/N-ethyl adjacent to an activating group) is 1. The monoisotopic (exact) mass is 500 g/mol. The van der Waals surface area contributed by atoms with Crippen molar-refractivity contribution in [3.8, 4) is 5.75 Å². The van der Waals surface area contributed by atoms with Crippen LogP contribution in [0.5, 0.6) is 5.75 Å². The van der Waals surface area contributed by atoms with Crippen LogP contribution in [0.4, 0.5) is 4.79 Å². The van der Waals surface area contributed by atoms with Gasteiger partial charge in [-0.3, -0.25) is 10.1 Å². The molecule has 1 aliphatic heterocycles. The van der Waals surface area contributed by atoms with Gasteiger partial charge in [-0.1, -0.05) is 24.1 Å². The van der Waals surface area contributed by atoms with E-state index in [0.717, 1.165) is 5.56 Å². The van der Waals surface area contributed by atoms with E-state index in [-0.39, 0.29) is 24.2 Å². The van der Waals surface area contributed by atoms with Crippen LogP contribution < -0.4 is 14.8 Å². The number of carbonyl (C=O) groups is 2. The van der Waals surface area contributed by atoms with Crippen LogP contribution in [0.25, 0.3) is 0 Å². The van der Waals surface area contributed by atoms with E-state index in [1.807, 2.05) is 31.1 Å². The number of unbranched alkanes of at least 4 members (excludes halogenated alkanes) is 2. The SMILES string of the molecule is CN(C)C[C@@H](NS(=O)(=O)CCCCCN1CC(=O)NC1=O)c1ccc(Cl)c(OCC2CC2)c1. The van der Waals surface area contributed by atoms with E-state index in [0.29, 0.717) is 55.6 Å². The first-order chi connectivity index (χ1) is 15.6. The van der Waals surface area contributed by atoms with Gasteiger partial charge < -0.3 is 14.5 Å². The van der Waals surface area contributed by atoms with Crippen LogP contribution >= 0.6 is 11.6 Å². The zero-order chi connectivity index (χ0) is 24.0. The Morgan fingerprint density at radius 3 is 2.64 bits per heavy atom. The third kappa shape index (κ3) is 8.44. The second-order valence-corrected chi connectivity index (χ2v) is 11.3. The van der Waals surface area contributed by atoms with Crippen LogP contribution in [0.2, 0.25) is 5.02 Å². The Balaban J connectivity index is 1.53. The van der Waals surface area contributed by atoms with Gasteiger partial charge >= 0.3 is 6.03 Å². The van der Waals surface area contributed by atoms with Gasteiger partial charge in [0.1, 0.15) is 12.3 Å². The molecule has 1 aromatic rings. The molecular formula is C22H33ClN4O5S. The van der Waals surface area contributed by atoms with Crippen molar-refractivity contribution in [2.75, 3.05) is 46.1 Å². The molecule has 1 saturated heterocycles. The predicted octanol–water partition coefficient (Wildman–Crippen LogP) is 2.37. The van der Waals surface area contributed by atoms with Crippen LogP contribution in [0.15, 0.2) is 18.2 Å². The number of hydrogen-bond donors (Lipinski definition) is 2. The van der Waals surface area contributed by atoms with E-state index in [9.17, 15) is 18.0 Å². The molecule has 1 saturated carbocycles. The largest absolute Gasteiger partial charge is 0.492 e. The zero-order valence-electron chi connectivity index (χ0n) is 19.2. The lowest BCUT2D eigenvalue weighted by molar-refractivity contribution is -0.118. The van der Waals surface area contributed by atoms with Crippen LogP contribution in [0.1, 0.15) is 43.7 Å². The zero-order valence-corrected chi connectivity index (χ0v) is 20.8. The maximum Gasteiger partial charge on any atom is 0.324 e. The van der Waals surface area contributed by atoms with Crippen molar-refractivity contribution in [2.45, 2.75) is 38.1 Å². The molecule has 2 fully saturated rings. The molecule has 1 aliphatic carbocycles. The van der Waals surface area contributed by atoms with E-state index in [1.165, 1.54) is 17.7 Å². The first-order valence-corrected chi connectivity index (χ1v) is 13.3. The summed E-state index contributed by atoms with van der Waals surface area (Å²) in [7, 11) is 0.250. The maximum atomic E-state index is 12.8. The number of nitrogens with zero attached hydrogens (tertiary/aromatic N) is 2. The van der Waals surface area contributed by atoms with Crippen molar-refractivity contribution in [2.24, 2.45) is 5.92 Å². The third-order valence-corrected chi connectivity index (χ3v) is 7.39. The minimum atomic E-state index is -3.53. The number of sulfonamides is 1. The van der Waals surface area contributed by atoms with E-state index in [2.05, 4.69) is 10.0 Å². The van der Waals surface area contributed by atoms with Gasteiger partial charge in [-0.15, -0.1) is 0 Å². The molecule has 0 unspecified atom stereocenters. The molecule has 3 amide bonds. The third-order valence-electron chi connectivity index (χ3n) is 5.61. The summed E-state index contributed by atoms with van der Waals surface area (Å²) < 4.78 is 34.2. The van der Waals surface area contributed by atoms with Crippen molar-refractivity contribution in [3.63, 3.8) is 0 Å². The lowest BCUT2D eigenvalue weighted by Crippen LogP contribution is -2.36. The van der Waals surface area contributed by atoms with E-state index in [4.69, 9.17) is 16.3 Å². The van der Waals surface area contributed by atoms with Gasteiger partial charge in [-0.25, -0.2) is 17.9 Å². The molecule has 33 heavy (non-hydrogen) atoms. The van der Waals surface area contributed by atoms with E-state index >= 15 is 0 Å². The highest BCUT2D eigenvalue weighted by Crippen LogP contribution is 2.33. The molecular weight excluding hydrogens is 468 g/mol. The number of nitrogens with one attached hydrogen (secondary N) is 2. The molecule has 3 rings (SSSR count). The van der Waals surface area contributed by atoms with E-state index in [1.54, 1.807) is 6.07 Å².